The highest BCUT2D eigenvalue weighted by Gasteiger charge is 2.45. The third-order valence-electron chi connectivity index (χ3n) is 4.48. The zero-order valence-electron chi connectivity index (χ0n) is 11.3. The summed E-state index contributed by atoms with van der Waals surface area (Å²) in [5, 5.41) is 0. The smallest absolute Gasteiger partial charge is 0.234 e. The molecular formula is C16H17NO3. The highest BCUT2D eigenvalue weighted by atomic mass is 16.2. The Kier molecular flexibility index (Phi) is 3.16. The molecule has 4 nitrogen and oxygen atoms in total. The van der Waals surface area contributed by atoms with Gasteiger partial charge in [0.1, 0.15) is 6.29 Å². The molecule has 0 unspecified atom stereocenters. The van der Waals surface area contributed by atoms with E-state index in [0.717, 1.165) is 32.0 Å². The average molecular weight is 271 g/mol. The summed E-state index contributed by atoms with van der Waals surface area (Å²) in [6.07, 6.45) is 5.80. The van der Waals surface area contributed by atoms with Crippen molar-refractivity contribution >= 4 is 23.8 Å². The maximum Gasteiger partial charge on any atom is 0.234 e. The molecule has 1 saturated carbocycles. The maximum absolute atomic E-state index is 12.4. The fourth-order valence-corrected chi connectivity index (χ4v) is 3.51. The van der Waals surface area contributed by atoms with Crippen molar-refractivity contribution in [3.05, 3.63) is 29.8 Å². The SMILES string of the molecule is O=Cc1cccc(N2C(=O)CC3(CCCC3)CC2=O)c1. The first-order valence-electron chi connectivity index (χ1n) is 7.05. The van der Waals surface area contributed by atoms with E-state index in [-0.39, 0.29) is 17.2 Å². The lowest BCUT2D eigenvalue weighted by atomic mass is 9.76. The van der Waals surface area contributed by atoms with Gasteiger partial charge in [-0.3, -0.25) is 19.3 Å². The second kappa shape index (κ2) is 4.85. The van der Waals surface area contributed by atoms with Crippen molar-refractivity contribution < 1.29 is 14.4 Å². The van der Waals surface area contributed by atoms with Gasteiger partial charge in [-0.05, 0) is 30.4 Å². The first-order chi connectivity index (χ1) is 9.63. The number of benzene rings is 1. The second-order valence-corrected chi connectivity index (χ2v) is 5.90. The van der Waals surface area contributed by atoms with E-state index in [1.165, 1.54) is 4.90 Å². The standard InChI is InChI=1S/C16H17NO3/c18-11-12-4-3-5-13(8-12)17-14(19)9-16(10-15(17)20)6-1-2-7-16/h3-5,8,11H,1-2,6-7,9-10H2. The maximum atomic E-state index is 12.4. The summed E-state index contributed by atoms with van der Waals surface area (Å²) < 4.78 is 0. The normalized spacial score (nSPS) is 21.5. The van der Waals surface area contributed by atoms with Crippen molar-refractivity contribution in [3.8, 4) is 0 Å². The van der Waals surface area contributed by atoms with E-state index < -0.39 is 0 Å². The number of piperidine rings is 1. The molecule has 4 heteroatoms. The van der Waals surface area contributed by atoms with Crippen LogP contribution in [0.4, 0.5) is 5.69 Å². The van der Waals surface area contributed by atoms with Gasteiger partial charge in [0.25, 0.3) is 0 Å². The number of carbonyl (C=O) groups is 3. The molecule has 0 atom stereocenters. The van der Waals surface area contributed by atoms with Gasteiger partial charge in [0.15, 0.2) is 0 Å². The van der Waals surface area contributed by atoms with Gasteiger partial charge in [-0.25, -0.2) is 0 Å². The van der Waals surface area contributed by atoms with Gasteiger partial charge in [-0.15, -0.1) is 0 Å². The first kappa shape index (κ1) is 13.0. The lowest BCUT2D eigenvalue weighted by Gasteiger charge is -2.37. The first-order valence-corrected chi connectivity index (χ1v) is 7.05. The molecular weight excluding hydrogens is 254 g/mol. The Hall–Kier alpha value is -1.97. The molecule has 0 aromatic heterocycles. The molecule has 1 aromatic carbocycles. The fraction of sp³-hybridized carbons (Fsp3) is 0.438. The van der Waals surface area contributed by atoms with Gasteiger partial charge in [-0.1, -0.05) is 25.0 Å². The fourth-order valence-electron chi connectivity index (χ4n) is 3.51. The van der Waals surface area contributed by atoms with E-state index in [9.17, 15) is 14.4 Å². The monoisotopic (exact) mass is 271 g/mol. The molecule has 104 valence electrons. The van der Waals surface area contributed by atoms with Crippen LogP contribution in [0.25, 0.3) is 0 Å². The van der Waals surface area contributed by atoms with Crippen molar-refractivity contribution in [2.75, 3.05) is 4.90 Å². The van der Waals surface area contributed by atoms with Gasteiger partial charge in [-0.2, -0.15) is 0 Å². The van der Waals surface area contributed by atoms with E-state index in [4.69, 9.17) is 0 Å². The average Bonchev–Trinajstić information content (AvgIpc) is 2.86. The molecule has 1 aromatic rings. The summed E-state index contributed by atoms with van der Waals surface area (Å²) in [6, 6.07) is 6.65. The molecule has 2 amide bonds. The van der Waals surface area contributed by atoms with E-state index >= 15 is 0 Å². The van der Waals surface area contributed by atoms with Crippen LogP contribution >= 0.6 is 0 Å². The Balaban J connectivity index is 1.89. The number of rotatable bonds is 2. The van der Waals surface area contributed by atoms with Crippen LogP contribution in [0.2, 0.25) is 0 Å². The number of imide groups is 1. The van der Waals surface area contributed by atoms with Crippen LogP contribution < -0.4 is 4.90 Å². The van der Waals surface area contributed by atoms with Crippen LogP contribution in [0.1, 0.15) is 48.9 Å². The quantitative estimate of drug-likeness (QED) is 0.614. The van der Waals surface area contributed by atoms with Crippen molar-refractivity contribution in [3.63, 3.8) is 0 Å². The highest BCUT2D eigenvalue weighted by molar-refractivity contribution is 6.17. The number of aldehydes is 1. The van der Waals surface area contributed by atoms with E-state index in [0.29, 0.717) is 24.1 Å². The summed E-state index contributed by atoms with van der Waals surface area (Å²) in [5.74, 6) is -0.266. The molecule has 1 spiro atoms. The number of hydrogen-bond donors (Lipinski definition) is 0. The topological polar surface area (TPSA) is 54.5 Å². The summed E-state index contributed by atoms with van der Waals surface area (Å²) in [4.78, 5) is 36.8. The number of hydrogen-bond acceptors (Lipinski definition) is 3. The Morgan fingerprint density at radius 1 is 1.05 bits per heavy atom. The molecule has 2 aliphatic rings. The van der Waals surface area contributed by atoms with Gasteiger partial charge < -0.3 is 0 Å². The minimum Gasteiger partial charge on any atom is -0.298 e. The van der Waals surface area contributed by atoms with Crippen molar-refractivity contribution in [2.45, 2.75) is 38.5 Å². The molecule has 1 aliphatic heterocycles. The van der Waals surface area contributed by atoms with Crippen LogP contribution in [-0.2, 0) is 9.59 Å². The lowest BCUT2D eigenvalue weighted by Crippen LogP contribution is -2.47. The molecule has 0 N–H and O–H groups in total. The zero-order chi connectivity index (χ0) is 14.2. The minimum atomic E-state index is -0.133. The van der Waals surface area contributed by atoms with Crippen LogP contribution in [0.3, 0.4) is 0 Å². The molecule has 1 saturated heterocycles. The van der Waals surface area contributed by atoms with Crippen molar-refractivity contribution in [1.29, 1.82) is 0 Å². The largest absolute Gasteiger partial charge is 0.298 e. The Morgan fingerprint density at radius 3 is 2.30 bits per heavy atom. The predicted octanol–water partition coefficient (Wildman–Crippen LogP) is 2.71. The number of nitrogens with zero attached hydrogens (tertiary/aromatic N) is 1. The molecule has 0 radical (unpaired) electrons. The van der Waals surface area contributed by atoms with Crippen LogP contribution in [0.5, 0.6) is 0 Å². The molecule has 3 rings (SSSR count). The summed E-state index contributed by atoms with van der Waals surface area (Å²) in [6.45, 7) is 0. The molecule has 1 heterocycles. The summed E-state index contributed by atoms with van der Waals surface area (Å²) >= 11 is 0. The summed E-state index contributed by atoms with van der Waals surface area (Å²) in [5.41, 5.74) is 0.897. The third-order valence-corrected chi connectivity index (χ3v) is 4.48. The number of carbonyl (C=O) groups excluding carboxylic acids is 3. The highest BCUT2D eigenvalue weighted by Crippen LogP contribution is 2.47. The number of amides is 2. The van der Waals surface area contributed by atoms with E-state index in [1.54, 1.807) is 24.3 Å². The molecule has 2 fully saturated rings. The van der Waals surface area contributed by atoms with Crippen LogP contribution in [0.15, 0.2) is 24.3 Å². The summed E-state index contributed by atoms with van der Waals surface area (Å²) in [7, 11) is 0. The molecule has 20 heavy (non-hydrogen) atoms. The van der Waals surface area contributed by atoms with Crippen molar-refractivity contribution in [2.24, 2.45) is 5.41 Å². The van der Waals surface area contributed by atoms with Crippen LogP contribution in [-0.4, -0.2) is 18.1 Å². The van der Waals surface area contributed by atoms with Crippen LogP contribution in [0, 0.1) is 5.41 Å². The van der Waals surface area contributed by atoms with Gasteiger partial charge in [0, 0.05) is 18.4 Å². The van der Waals surface area contributed by atoms with E-state index in [1.807, 2.05) is 0 Å². The third kappa shape index (κ3) is 2.15. The lowest BCUT2D eigenvalue weighted by molar-refractivity contribution is -0.133. The molecule has 0 bridgehead atoms. The second-order valence-electron chi connectivity index (χ2n) is 5.90. The Bertz CT molecular complexity index is 553. The van der Waals surface area contributed by atoms with Gasteiger partial charge >= 0.3 is 0 Å². The van der Waals surface area contributed by atoms with E-state index in [2.05, 4.69) is 0 Å². The molecule has 1 aliphatic carbocycles. The zero-order valence-corrected chi connectivity index (χ0v) is 11.3. The van der Waals surface area contributed by atoms with Gasteiger partial charge in [0.05, 0.1) is 5.69 Å². The van der Waals surface area contributed by atoms with Crippen molar-refractivity contribution in [1.82, 2.24) is 0 Å². The van der Waals surface area contributed by atoms with Gasteiger partial charge in [0.2, 0.25) is 11.8 Å². The Morgan fingerprint density at radius 2 is 1.70 bits per heavy atom. The minimum absolute atomic E-state index is 0.0903. The Labute approximate surface area is 117 Å². The number of anilines is 1. The predicted molar refractivity (Wildman–Crippen MR) is 74.5 cm³/mol.